The molecule has 0 saturated carbocycles. The largest absolute Gasteiger partial charge is 0.472 e. The number of phosphoric ester groups is 1. The van der Waals surface area contributed by atoms with E-state index < -0.39 is 51.8 Å². The smallest absolute Gasteiger partial charge is 0.462 e. The predicted molar refractivity (Wildman–Crippen MR) is 209 cm³/mol. The summed E-state index contributed by atoms with van der Waals surface area (Å²) in [7, 11) is -4.63. The van der Waals surface area contributed by atoms with Crippen LogP contribution in [0.5, 0.6) is 0 Å². The lowest BCUT2D eigenvalue weighted by atomic mass is 9.99. The summed E-state index contributed by atoms with van der Waals surface area (Å²) in [5.41, 5.74) is 0. The molecule has 11 nitrogen and oxygen atoms in total. The van der Waals surface area contributed by atoms with Gasteiger partial charge in [0, 0.05) is 12.8 Å². The van der Waals surface area contributed by atoms with Crippen LogP contribution in [-0.4, -0.2) is 77.9 Å². The Labute approximate surface area is 320 Å². The SMILES string of the molecule is CCCCC/C=C\C/C=C\CC1OC1C/C=C\CCCC(=O)O[C@H](COC(=O)CCCCCCCCCCC(C)CC)COP(=O)(O)OC[C@@H](O)CO. The van der Waals surface area contributed by atoms with Crippen molar-refractivity contribution in [3.63, 3.8) is 0 Å². The molecule has 1 saturated heterocycles. The van der Waals surface area contributed by atoms with Gasteiger partial charge in [0.2, 0.25) is 0 Å². The lowest BCUT2D eigenvalue weighted by Crippen LogP contribution is -2.29. The first-order valence-electron chi connectivity index (χ1n) is 20.5. The van der Waals surface area contributed by atoms with E-state index in [1.165, 1.54) is 57.8 Å². The monoisotopic (exact) mass is 772 g/mol. The van der Waals surface area contributed by atoms with Crippen LogP contribution in [0.15, 0.2) is 36.5 Å². The van der Waals surface area contributed by atoms with Crippen LogP contribution >= 0.6 is 7.82 Å². The van der Waals surface area contributed by atoms with Crippen LogP contribution in [0.2, 0.25) is 0 Å². The van der Waals surface area contributed by atoms with Crippen LogP contribution in [0.3, 0.4) is 0 Å². The Morgan fingerprint density at radius 3 is 2.00 bits per heavy atom. The molecule has 53 heavy (non-hydrogen) atoms. The second-order valence-electron chi connectivity index (χ2n) is 14.3. The van der Waals surface area contributed by atoms with Crippen molar-refractivity contribution in [3.8, 4) is 0 Å². The molecule has 0 aromatic carbocycles. The number of carbonyl (C=O) groups excluding carboxylic acids is 2. The highest BCUT2D eigenvalue weighted by atomic mass is 31.2. The van der Waals surface area contributed by atoms with E-state index >= 15 is 0 Å². The Morgan fingerprint density at radius 1 is 0.736 bits per heavy atom. The third-order valence-corrected chi connectivity index (χ3v) is 10.2. The Kier molecular flexibility index (Phi) is 30.1. The van der Waals surface area contributed by atoms with E-state index in [0.717, 1.165) is 50.9 Å². The Hall–Kier alpha value is -1.85. The van der Waals surface area contributed by atoms with Crippen molar-refractivity contribution in [2.24, 2.45) is 5.92 Å². The minimum absolute atomic E-state index is 0.100. The van der Waals surface area contributed by atoms with Crippen molar-refractivity contribution in [2.45, 2.75) is 180 Å². The second-order valence-corrected chi connectivity index (χ2v) is 15.7. The third kappa shape index (κ3) is 30.1. The van der Waals surface area contributed by atoms with Gasteiger partial charge in [-0.3, -0.25) is 18.6 Å². The molecule has 308 valence electrons. The highest BCUT2D eigenvalue weighted by Crippen LogP contribution is 2.43. The minimum Gasteiger partial charge on any atom is -0.462 e. The highest BCUT2D eigenvalue weighted by Gasteiger charge is 2.36. The number of ether oxygens (including phenoxy) is 3. The molecule has 4 unspecified atom stereocenters. The fourth-order valence-electron chi connectivity index (χ4n) is 5.53. The quantitative estimate of drug-likeness (QED) is 0.0183. The van der Waals surface area contributed by atoms with E-state index in [2.05, 4.69) is 55.7 Å². The summed E-state index contributed by atoms with van der Waals surface area (Å²) in [5.74, 6) is -0.192. The van der Waals surface area contributed by atoms with Crippen molar-refractivity contribution in [1.82, 2.24) is 0 Å². The maximum atomic E-state index is 12.6. The first kappa shape index (κ1) is 49.2. The average Bonchev–Trinajstić information content (AvgIpc) is 3.90. The molecule has 0 aromatic rings. The van der Waals surface area contributed by atoms with E-state index in [1.807, 2.05) is 6.08 Å². The summed E-state index contributed by atoms with van der Waals surface area (Å²) < 4.78 is 38.4. The van der Waals surface area contributed by atoms with E-state index in [-0.39, 0.29) is 31.7 Å². The van der Waals surface area contributed by atoms with Crippen molar-refractivity contribution in [2.75, 3.05) is 26.4 Å². The molecule has 3 N–H and O–H groups in total. The van der Waals surface area contributed by atoms with Crippen molar-refractivity contribution < 1.29 is 52.5 Å². The van der Waals surface area contributed by atoms with Crippen LogP contribution < -0.4 is 0 Å². The van der Waals surface area contributed by atoms with Gasteiger partial charge in [0.15, 0.2) is 6.10 Å². The van der Waals surface area contributed by atoms with Gasteiger partial charge < -0.3 is 29.3 Å². The highest BCUT2D eigenvalue weighted by molar-refractivity contribution is 7.47. The number of rotatable bonds is 36. The van der Waals surface area contributed by atoms with E-state index in [1.54, 1.807) is 0 Å². The van der Waals surface area contributed by atoms with E-state index in [0.29, 0.717) is 19.3 Å². The van der Waals surface area contributed by atoms with Gasteiger partial charge in [0.25, 0.3) is 0 Å². The summed E-state index contributed by atoms with van der Waals surface area (Å²) in [6.07, 6.45) is 31.5. The van der Waals surface area contributed by atoms with Crippen LogP contribution in [0, 0.1) is 5.92 Å². The van der Waals surface area contributed by atoms with Gasteiger partial charge in [-0.2, -0.15) is 0 Å². The van der Waals surface area contributed by atoms with Gasteiger partial charge in [-0.25, -0.2) is 4.57 Å². The molecular formula is C41H73O11P. The Morgan fingerprint density at radius 2 is 1.32 bits per heavy atom. The number of carbonyl (C=O) groups is 2. The molecule has 0 aromatic heterocycles. The second kappa shape index (κ2) is 32.4. The fraction of sp³-hybridized carbons (Fsp3) is 0.805. The molecule has 0 aliphatic carbocycles. The molecule has 1 fully saturated rings. The third-order valence-electron chi connectivity index (χ3n) is 9.24. The zero-order valence-corrected chi connectivity index (χ0v) is 34.0. The van der Waals surface area contributed by atoms with Crippen molar-refractivity contribution >= 4 is 19.8 Å². The molecule has 0 radical (unpaired) electrons. The molecule has 0 spiro atoms. The number of allylic oxidation sites excluding steroid dienone is 4. The molecule has 0 bridgehead atoms. The van der Waals surface area contributed by atoms with Gasteiger partial charge in [0.05, 0.1) is 32.0 Å². The van der Waals surface area contributed by atoms with Gasteiger partial charge in [-0.15, -0.1) is 0 Å². The number of hydrogen-bond acceptors (Lipinski definition) is 10. The maximum absolute atomic E-state index is 12.6. The summed E-state index contributed by atoms with van der Waals surface area (Å²) in [6.45, 7) is 4.57. The zero-order valence-electron chi connectivity index (χ0n) is 33.1. The normalized spacial score (nSPS) is 18.8. The number of epoxide rings is 1. The summed E-state index contributed by atoms with van der Waals surface area (Å²) in [6, 6.07) is 0. The number of esters is 2. The Balaban J connectivity index is 2.34. The molecule has 0 amide bonds. The Bertz CT molecular complexity index is 1060. The van der Waals surface area contributed by atoms with E-state index in [4.69, 9.17) is 23.8 Å². The first-order chi connectivity index (χ1) is 25.6. The molecule has 1 aliphatic heterocycles. The average molecular weight is 773 g/mol. The lowest BCUT2D eigenvalue weighted by molar-refractivity contribution is -0.161. The number of unbranched alkanes of at least 4 members (excludes halogenated alkanes) is 11. The molecular weight excluding hydrogens is 699 g/mol. The molecule has 12 heteroatoms. The molecule has 1 rings (SSSR count). The minimum atomic E-state index is -4.63. The zero-order chi connectivity index (χ0) is 39.0. The summed E-state index contributed by atoms with van der Waals surface area (Å²) in [5, 5.41) is 18.3. The van der Waals surface area contributed by atoms with Crippen molar-refractivity contribution in [3.05, 3.63) is 36.5 Å². The van der Waals surface area contributed by atoms with Crippen LogP contribution in [0.1, 0.15) is 156 Å². The topological polar surface area (TPSA) is 161 Å². The van der Waals surface area contributed by atoms with Crippen molar-refractivity contribution in [1.29, 1.82) is 0 Å². The van der Waals surface area contributed by atoms with Crippen LogP contribution in [0.4, 0.5) is 0 Å². The molecule has 1 aliphatic rings. The maximum Gasteiger partial charge on any atom is 0.472 e. The summed E-state index contributed by atoms with van der Waals surface area (Å²) in [4.78, 5) is 34.9. The molecule has 1 heterocycles. The lowest BCUT2D eigenvalue weighted by Gasteiger charge is -2.20. The number of hydrogen-bond donors (Lipinski definition) is 3. The van der Waals surface area contributed by atoms with Gasteiger partial charge in [-0.1, -0.05) is 128 Å². The number of phosphoric acid groups is 1. The first-order valence-corrected chi connectivity index (χ1v) is 22.0. The van der Waals surface area contributed by atoms with Gasteiger partial charge in [-0.05, 0) is 57.3 Å². The predicted octanol–water partition coefficient (Wildman–Crippen LogP) is 9.23. The van der Waals surface area contributed by atoms with Gasteiger partial charge >= 0.3 is 19.8 Å². The summed E-state index contributed by atoms with van der Waals surface area (Å²) >= 11 is 0. The van der Waals surface area contributed by atoms with Gasteiger partial charge in [0.1, 0.15) is 12.7 Å². The molecule has 6 atom stereocenters. The fourth-order valence-corrected chi connectivity index (χ4v) is 6.32. The van der Waals surface area contributed by atoms with Crippen LogP contribution in [0.25, 0.3) is 0 Å². The van der Waals surface area contributed by atoms with Crippen LogP contribution in [-0.2, 0) is 37.4 Å². The van der Waals surface area contributed by atoms with E-state index in [9.17, 15) is 24.2 Å². The standard InChI is InChI=1S/C41H73O11P/c1-4-6-7-8-9-10-14-17-22-27-38-39(52-38)28-23-19-20-25-30-41(45)51-37(34-50-53(46,47)49-32-36(43)31-42)33-48-40(44)29-24-18-15-12-11-13-16-21-26-35(3)5-2/h9-10,17,19,22-23,35-39,42-43H,4-8,11-16,18,20-21,24-34H2,1-3H3,(H,46,47)/b10-9-,22-17-,23-19-/t35?,36-,37+,38?,39?/m0/s1. The number of aliphatic hydroxyl groups is 2. The number of aliphatic hydroxyl groups excluding tert-OH is 2.